The first-order valence-corrected chi connectivity index (χ1v) is 15.4. The van der Waals surface area contributed by atoms with E-state index in [4.69, 9.17) is 41.6 Å². The Morgan fingerprint density at radius 3 is 2.00 bits per heavy atom. The molecule has 2 aliphatic heterocycles. The summed E-state index contributed by atoms with van der Waals surface area (Å²) in [5, 5.41) is 107. The number of likely N-dealkylation sites (N-methyl/N-ethyl adjacent to an activating group) is 1. The summed E-state index contributed by atoms with van der Waals surface area (Å²) in [6.45, 7) is 0.616. The molecule has 292 valence electrons. The number of nitrogens with zero attached hydrogens (tertiary/aromatic N) is 3. The molecule has 52 heavy (non-hydrogen) atoms. The number of hydrogen-bond donors (Lipinski definition) is 13. The smallest absolute Gasteiger partial charge is 0.346 e. The molecule has 0 bridgehead atoms. The third kappa shape index (κ3) is 8.85. The highest BCUT2D eigenvalue weighted by Crippen LogP contribution is 2.38. The van der Waals surface area contributed by atoms with Gasteiger partial charge in [0.2, 0.25) is 0 Å². The van der Waals surface area contributed by atoms with E-state index in [-0.39, 0.29) is 6.29 Å². The van der Waals surface area contributed by atoms with Crippen LogP contribution >= 0.6 is 0 Å². The van der Waals surface area contributed by atoms with Crippen LogP contribution in [-0.2, 0) is 23.7 Å². The minimum atomic E-state index is -2.39. The number of nitrogens with one attached hydrogen (secondary N) is 3. The maximum absolute atomic E-state index is 12.1. The molecule has 1 aromatic carbocycles. The number of aldehydes is 1. The van der Waals surface area contributed by atoms with Crippen LogP contribution < -0.4 is 27.8 Å². The molecule has 0 spiro atoms. The third-order valence-corrected chi connectivity index (χ3v) is 8.67. The van der Waals surface area contributed by atoms with Crippen molar-refractivity contribution in [2.75, 3.05) is 13.7 Å². The number of guanidine groups is 2. The first kappa shape index (κ1) is 42.2. The number of carbonyl (C=O) groups is 1. The molecule has 1 saturated carbocycles. The van der Waals surface area contributed by atoms with Gasteiger partial charge in [0, 0.05) is 12.1 Å². The molecule has 1 aliphatic carbocycles. The van der Waals surface area contributed by atoms with Crippen LogP contribution in [0.3, 0.4) is 0 Å². The largest absolute Gasteiger partial charge is 0.394 e. The summed E-state index contributed by atoms with van der Waals surface area (Å²) in [5.41, 5.74) is 12.8. The number of hydrogen-bond acceptors (Lipinski definition) is 19. The standard InChI is InChI=1S/C21H39N7O12.C6H4N2O4/c1-5-21(36,4-30)16(40-17-9(26-2)13(34)10(31)6(3-29)38-17)18(37-5)39-15-8(28-20(24)25)11(32)7(27-19(22)23)12(33)14(15)35;9-7(10)5-3-1-2-4-6(5)8(11)12/h4-18,26,29,31-36H,3H2,1-2H3,(H4,22,23,27)(H4,24,25,28);1-4H/t5-,6-,7+,8-,9-,10-,11+,12-,13-,14+,15+,16-,17-,18-,21+;/m0./s1. The summed E-state index contributed by atoms with van der Waals surface area (Å²) >= 11 is 0. The highest BCUT2D eigenvalue weighted by Gasteiger charge is 2.60. The van der Waals surface area contributed by atoms with Crippen LogP contribution in [0.5, 0.6) is 0 Å². The van der Waals surface area contributed by atoms with Gasteiger partial charge in [-0.05, 0) is 14.0 Å². The number of aliphatic imine (C=N–C) groups is 1. The van der Waals surface area contributed by atoms with Crippen LogP contribution in [0.4, 0.5) is 11.4 Å². The van der Waals surface area contributed by atoms with Crippen molar-refractivity contribution in [2.45, 2.75) is 98.2 Å². The van der Waals surface area contributed by atoms with Gasteiger partial charge in [-0.3, -0.25) is 30.4 Å². The normalized spacial score (nSPS) is 38.6. The fourth-order valence-corrected chi connectivity index (χ4v) is 5.90. The SMILES string of the molecule is CN[C@@H]1[C@H](O[C@H]2[C@H](O[C@H]3[C@H](O)[C@@H](O)[C@H](N=C(N)N)[C@@H](O)[C@@H]3NC(=N)N)O[C@@H](C)[C@]2(O)C=O)O[C@@H](CO)[C@H](O)[C@H]1O.O=[N+]([O-])c1ccccc1[N+](=O)[O-]. The lowest BCUT2D eigenvalue weighted by Crippen LogP contribution is -2.70. The van der Waals surface area contributed by atoms with E-state index in [0.717, 1.165) is 12.1 Å². The Bertz CT molecular complexity index is 1420. The summed E-state index contributed by atoms with van der Waals surface area (Å²) in [5.74, 6) is -1.16. The molecule has 0 aromatic heterocycles. The Morgan fingerprint density at radius 2 is 1.54 bits per heavy atom. The van der Waals surface area contributed by atoms with E-state index in [2.05, 4.69) is 15.6 Å². The lowest BCUT2D eigenvalue weighted by molar-refractivity contribution is -0.422. The van der Waals surface area contributed by atoms with E-state index < -0.39 is 131 Å². The number of nitro groups is 2. The van der Waals surface area contributed by atoms with Crippen molar-refractivity contribution < 1.29 is 69.3 Å². The van der Waals surface area contributed by atoms with Crippen molar-refractivity contribution in [3.8, 4) is 0 Å². The molecule has 4 rings (SSSR count). The minimum Gasteiger partial charge on any atom is -0.394 e. The summed E-state index contributed by atoms with van der Waals surface area (Å²) in [6.07, 6.45) is -17.3. The van der Waals surface area contributed by atoms with Crippen LogP contribution in [0, 0.1) is 25.6 Å². The molecule has 16 N–H and O–H groups in total. The van der Waals surface area contributed by atoms with E-state index in [0.29, 0.717) is 0 Å². The Labute approximate surface area is 293 Å². The lowest BCUT2D eigenvalue weighted by atomic mass is 9.81. The molecule has 1 aromatic rings. The van der Waals surface area contributed by atoms with Gasteiger partial charge in [0.25, 0.3) is 0 Å². The average molecular weight is 750 g/mol. The average Bonchev–Trinajstić information content (AvgIpc) is 3.33. The number of aliphatic hydroxyl groups excluding tert-OH is 6. The molecule has 0 unspecified atom stereocenters. The topological polar surface area (TPSA) is 420 Å². The van der Waals surface area contributed by atoms with Gasteiger partial charge in [-0.1, -0.05) is 12.1 Å². The zero-order valence-corrected chi connectivity index (χ0v) is 27.6. The fraction of sp³-hybridized carbons (Fsp3) is 0.667. The van der Waals surface area contributed by atoms with Crippen LogP contribution in [0.25, 0.3) is 0 Å². The van der Waals surface area contributed by atoms with Gasteiger partial charge in [-0.25, -0.2) is 4.99 Å². The Morgan fingerprint density at radius 1 is 0.962 bits per heavy atom. The molecular weight excluding hydrogens is 706 g/mol. The summed E-state index contributed by atoms with van der Waals surface area (Å²) < 4.78 is 22.9. The van der Waals surface area contributed by atoms with Gasteiger partial charge in [-0.2, -0.15) is 0 Å². The maximum atomic E-state index is 12.1. The second kappa shape index (κ2) is 17.5. The maximum Gasteiger partial charge on any atom is 0.346 e. The van der Waals surface area contributed by atoms with Crippen molar-refractivity contribution in [1.29, 1.82) is 5.41 Å². The number of ether oxygens (including phenoxy) is 4. The zero-order chi connectivity index (χ0) is 39.2. The first-order valence-electron chi connectivity index (χ1n) is 15.4. The van der Waals surface area contributed by atoms with E-state index >= 15 is 0 Å². The van der Waals surface area contributed by atoms with Crippen LogP contribution in [0.15, 0.2) is 29.3 Å². The number of para-hydroxylation sites is 2. The summed E-state index contributed by atoms with van der Waals surface area (Å²) in [6, 6.07) is 0.934. The van der Waals surface area contributed by atoms with Gasteiger partial charge in [0.1, 0.15) is 54.9 Å². The van der Waals surface area contributed by atoms with Crippen LogP contribution in [0.1, 0.15) is 6.92 Å². The molecule has 25 nitrogen and oxygen atoms in total. The number of benzene rings is 1. The van der Waals surface area contributed by atoms with Crippen molar-refractivity contribution >= 4 is 29.6 Å². The van der Waals surface area contributed by atoms with E-state index in [9.17, 15) is 60.8 Å². The van der Waals surface area contributed by atoms with E-state index in [1.807, 2.05) is 0 Å². The van der Waals surface area contributed by atoms with E-state index in [1.54, 1.807) is 0 Å². The zero-order valence-electron chi connectivity index (χ0n) is 27.6. The highest BCUT2D eigenvalue weighted by molar-refractivity contribution is 5.76. The Kier molecular flexibility index (Phi) is 14.2. The molecule has 15 atom stereocenters. The van der Waals surface area contributed by atoms with E-state index in [1.165, 1.54) is 26.1 Å². The van der Waals surface area contributed by atoms with Crippen molar-refractivity contribution in [1.82, 2.24) is 10.6 Å². The fourth-order valence-electron chi connectivity index (χ4n) is 5.90. The number of rotatable bonds is 11. The predicted molar refractivity (Wildman–Crippen MR) is 172 cm³/mol. The van der Waals surface area contributed by atoms with Gasteiger partial charge < -0.3 is 82.5 Å². The summed E-state index contributed by atoms with van der Waals surface area (Å²) in [4.78, 5) is 34.7. The first-order chi connectivity index (χ1) is 24.3. The Hall–Kier alpha value is -4.25. The van der Waals surface area contributed by atoms with Gasteiger partial charge in [0.15, 0.2) is 36.4 Å². The quantitative estimate of drug-likeness (QED) is 0.0329. The van der Waals surface area contributed by atoms with Crippen molar-refractivity contribution in [3.05, 3.63) is 44.5 Å². The molecule has 25 heteroatoms. The minimum absolute atomic E-state index is 0.138. The second-order valence-electron chi connectivity index (χ2n) is 11.9. The molecule has 0 radical (unpaired) electrons. The number of carbonyl (C=O) groups excluding carboxylic acids is 1. The van der Waals surface area contributed by atoms with Crippen molar-refractivity contribution in [3.63, 3.8) is 0 Å². The predicted octanol–water partition coefficient (Wildman–Crippen LogP) is -6.45. The number of nitro benzene ring substituents is 2. The van der Waals surface area contributed by atoms with Gasteiger partial charge in [0.05, 0.1) is 34.6 Å². The van der Waals surface area contributed by atoms with Crippen LogP contribution in [-0.4, -0.2) is 169 Å². The molecule has 2 heterocycles. The molecule has 3 fully saturated rings. The van der Waals surface area contributed by atoms with Gasteiger partial charge in [-0.15, -0.1) is 0 Å². The van der Waals surface area contributed by atoms with Crippen LogP contribution in [0.2, 0.25) is 0 Å². The van der Waals surface area contributed by atoms with Gasteiger partial charge >= 0.3 is 11.4 Å². The molecule has 3 aliphatic rings. The lowest BCUT2D eigenvalue weighted by Gasteiger charge is -2.46. The monoisotopic (exact) mass is 749 g/mol. The molecular formula is C27H43N9O16. The Balaban J connectivity index is 0.000000513. The highest BCUT2D eigenvalue weighted by atomic mass is 16.8. The summed E-state index contributed by atoms with van der Waals surface area (Å²) in [7, 11) is 1.42. The third-order valence-electron chi connectivity index (χ3n) is 8.67. The van der Waals surface area contributed by atoms with Crippen molar-refractivity contribution in [2.24, 2.45) is 22.2 Å². The number of nitrogens with two attached hydrogens (primary N) is 3. The molecule has 0 amide bonds. The second-order valence-corrected chi connectivity index (χ2v) is 11.9. The number of aliphatic hydroxyl groups is 7. The molecule has 2 saturated heterocycles.